The summed E-state index contributed by atoms with van der Waals surface area (Å²) in [6.07, 6.45) is 1.46. The Balaban J connectivity index is 4.47. The lowest BCUT2D eigenvalue weighted by atomic mass is 10.3. The fraction of sp³-hybridized carbons (Fsp3) is 0.636. The van der Waals surface area contributed by atoms with E-state index in [0.717, 1.165) is 5.57 Å². The SMILES string of the molecule is CC(C)=CC(=O)N(CCN(C)C)CC(=O)O. The van der Waals surface area contributed by atoms with Crippen LogP contribution in [0.15, 0.2) is 11.6 Å². The Morgan fingerprint density at radius 3 is 2.12 bits per heavy atom. The fourth-order valence-corrected chi connectivity index (χ4v) is 1.09. The van der Waals surface area contributed by atoms with Crippen molar-refractivity contribution >= 4 is 11.9 Å². The van der Waals surface area contributed by atoms with Gasteiger partial charge in [0.15, 0.2) is 0 Å². The standard InChI is InChI=1S/C11H20N2O3/c1-9(2)7-10(14)13(8-11(15)16)6-5-12(3)4/h7H,5-6,8H2,1-4H3,(H,15,16). The predicted molar refractivity (Wildman–Crippen MR) is 62.2 cm³/mol. The minimum atomic E-state index is -0.991. The third kappa shape index (κ3) is 7.00. The molecule has 0 fully saturated rings. The second-order valence-electron chi connectivity index (χ2n) is 4.18. The molecular formula is C11H20N2O3. The average Bonchev–Trinajstić information content (AvgIpc) is 2.09. The van der Waals surface area contributed by atoms with Crippen molar-refractivity contribution in [2.75, 3.05) is 33.7 Å². The van der Waals surface area contributed by atoms with Crippen LogP contribution in [-0.2, 0) is 9.59 Å². The maximum absolute atomic E-state index is 11.7. The molecule has 0 aliphatic heterocycles. The van der Waals surface area contributed by atoms with Crippen LogP contribution in [0.2, 0.25) is 0 Å². The van der Waals surface area contributed by atoms with Crippen molar-refractivity contribution in [1.29, 1.82) is 0 Å². The van der Waals surface area contributed by atoms with Crippen LogP contribution in [0, 0.1) is 0 Å². The molecule has 0 bridgehead atoms. The molecule has 0 spiro atoms. The van der Waals surface area contributed by atoms with Crippen LogP contribution in [0.1, 0.15) is 13.8 Å². The first-order chi connectivity index (χ1) is 7.32. The summed E-state index contributed by atoms with van der Waals surface area (Å²) in [5, 5.41) is 8.70. The van der Waals surface area contributed by atoms with E-state index in [2.05, 4.69) is 0 Å². The third-order valence-electron chi connectivity index (χ3n) is 1.87. The maximum atomic E-state index is 11.7. The molecule has 0 saturated heterocycles. The topological polar surface area (TPSA) is 60.9 Å². The summed E-state index contributed by atoms with van der Waals surface area (Å²) in [5.74, 6) is -1.24. The molecule has 0 aromatic rings. The number of carboxylic acid groups (broad SMARTS) is 1. The molecular weight excluding hydrogens is 208 g/mol. The van der Waals surface area contributed by atoms with Gasteiger partial charge in [0, 0.05) is 19.2 Å². The van der Waals surface area contributed by atoms with Gasteiger partial charge in [0.1, 0.15) is 6.54 Å². The molecule has 0 atom stereocenters. The van der Waals surface area contributed by atoms with Crippen molar-refractivity contribution in [2.24, 2.45) is 0 Å². The van der Waals surface area contributed by atoms with Crippen LogP contribution in [0.3, 0.4) is 0 Å². The number of rotatable bonds is 6. The van der Waals surface area contributed by atoms with E-state index in [1.807, 2.05) is 32.8 Å². The molecule has 5 nitrogen and oxygen atoms in total. The molecule has 16 heavy (non-hydrogen) atoms. The van der Waals surface area contributed by atoms with Crippen LogP contribution in [0.5, 0.6) is 0 Å². The van der Waals surface area contributed by atoms with Crippen molar-refractivity contribution in [3.63, 3.8) is 0 Å². The van der Waals surface area contributed by atoms with Gasteiger partial charge in [0.25, 0.3) is 0 Å². The summed E-state index contributed by atoms with van der Waals surface area (Å²) in [5.41, 5.74) is 0.866. The highest BCUT2D eigenvalue weighted by atomic mass is 16.4. The number of carbonyl (C=O) groups excluding carboxylic acids is 1. The Bertz CT molecular complexity index is 281. The van der Waals surface area contributed by atoms with Gasteiger partial charge >= 0.3 is 5.97 Å². The van der Waals surface area contributed by atoms with E-state index in [9.17, 15) is 9.59 Å². The van der Waals surface area contributed by atoms with Gasteiger partial charge in [-0.05, 0) is 27.9 Å². The van der Waals surface area contributed by atoms with Gasteiger partial charge in [-0.25, -0.2) is 0 Å². The Morgan fingerprint density at radius 1 is 1.19 bits per heavy atom. The van der Waals surface area contributed by atoms with Gasteiger partial charge < -0.3 is 14.9 Å². The van der Waals surface area contributed by atoms with Gasteiger partial charge in [0.05, 0.1) is 0 Å². The zero-order valence-electron chi connectivity index (χ0n) is 10.4. The smallest absolute Gasteiger partial charge is 0.323 e. The van der Waals surface area contributed by atoms with Crippen LogP contribution < -0.4 is 0 Å². The van der Waals surface area contributed by atoms with Crippen molar-refractivity contribution in [3.8, 4) is 0 Å². The molecule has 0 aliphatic rings. The Hall–Kier alpha value is -1.36. The maximum Gasteiger partial charge on any atom is 0.323 e. The lowest BCUT2D eigenvalue weighted by Gasteiger charge is -2.21. The van der Waals surface area contributed by atoms with Gasteiger partial charge in [-0.2, -0.15) is 0 Å². The number of amides is 1. The van der Waals surface area contributed by atoms with Crippen LogP contribution >= 0.6 is 0 Å². The highest BCUT2D eigenvalue weighted by Crippen LogP contribution is 1.97. The number of carbonyl (C=O) groups is 2. The Morgan fingerprint density at radius 2 is 1.75 bits per heavy atom. The first-order valence-electron chi connectivity index (χ1n) is 5.13. The third-order valence-corrected chi connectivity index (χ3v) is 1.87. The average molecular weight is 228 g/mol. The molecule has 0 radical (unpaired) electrons. The van der Waals surface area contributed by atoms with Crippen molar-refractivity contribution in [3.05, 3.63) is 11.6 Å². The summed E-state index contributed by atoms with van der Waals surface area (Å²) in [6.45, 7) is 4.43. The second-order valence-corrected chi connectivity index (χ2v) is 4.18. The largest absolute Gasteiger partial charge is 0.480 e. The first kappa shape index (κ1) is 14.6. The lowest BCUT2D eigenvalue weighted by molar-refractivity contribution is -0.142. The van der Waals surface area contributed by atoms with Crippen LogP contribution in [-0.4, -0.2) is 60.5 Å². The number of hydrogen-bond donors (Lipinski definition) is 1. The Labute approximate surface area is 96.3 Å². The lowest BCUT2D eigenvalue weighted by Crippen LogP contribution is -2.39. The zero-order chi connectivity index (χ0) is 12.7. The summed E-state index contributed by atoms with van der Waals surface area (Å²) < 4.78 is 0. The predicted octanol–water partition coefficient (Wildman–Crippen LogP) is 0.427. The normalized spacial score (nSPS) is 10.1. The molecule has 0 unspecified atom stereocenters. The summed E-state index contributed by atoms with van der Waals surface area (Å²) >= 11 is 0. The van der Waals surface area contributed by atoms with E-state index in [1.165, 1.54) is 11.0 Å². The monoisotopic (exact) mass is 228 g/mol. The van der Waals surface area contributed by atoms with E-state index in [-0.39, 0.29) is 12.5 Å². The highest BCUT2D eigenvalue weighted by Gasteiger charge is 2.14. The molecule has 5 heteroatoms. The molecule has 0 heterocycles. The molecule has 1 N–H and O–H groups in total. The molecule has 1 amide bonds. The quantitative estimate of drug-likeness (QED) is 0.670. The fourth-order valence-electron chi connectivity index (χ4n) is 1.09. The summed E-state index contributed by atoms with van der Waals surface area (Å²) in [4.78, 5) is 25.5. The molecule has 92 valence electrons. The molecule has 0 aliphatic carbocycles. The summed E-state index contributed by atoms with van der Waals surface area (Å²) in [7, 11) is 3.76. The van der Waals surface area contributed by atoms with Gasteiger partial charge in [0.2, 0.25) is 5.91 Å². The van der Waals surface area contributed by atoms with Crippen LogP contribution in [0.4, 0.5) is 0 Å². The Kier molecular flexibility index (Phi) is 6.41. The van der Waals surface area contributed by atoms with E-state index in [1.54, 1.807) is 0 Å². The number of allylic oxidation sites excluding steroid dienone is 1. The van der Waals surface area contributed by atoms with E-state index in [4.69, 9.17) is 5.11 Å². The van der Waals surface area contributed by atoms with Crippen molar-refractivity contribution < 1.29 is 14.7 Å². The minimum absolute atomic E-state index is 0.246. The van der Waals surface area contributed by atoms with Crippen molar-refractivity contribution in [1.82, 2.24) is 9.80 Å². The van der Waals surface area contributed by atoms with E-state index >= 15 is 0 Å². The summed E-state index contributed by atoms with van der Waals surface area (Å²) in [6, 6.07) is 0. The van der Waals surface area contributed by atoms with Gasteiger partial charge in [-0.1, -0.05) is 5.57 Å². The first-order valence-corrected chi connectivity index (χ1v) is 5.13. The van der Waals surface area contributed by atoms with E-state index < -0.39 is 5.97 Å². The number of hydrogen-bond acceptors (Lipinski definition) is 3. The number of nitrogens with zero attached hydrogens (tertiary/aromatic N) is 2. The molecule has 0 rings (SSSR count). The minimum Gasteiger partial charge on any atom is -0.480 e. The number of likely N-dealkylation sites (N-methyl/N-ethyl adjacent to an activating group) is 1. The number of aliphatic carboxylic acids is 1. The van der Waals surface area contributed by atoms with E-state index in [0.29, 0.717) is 13.1 Å². The van der Waals surface area contributed by atoms with Gasteiger partial charge in [-0.3, -0.25) is 9.59 Å². The molecule has 0 aromatic carbocycles. The number of carboxylic acids is 1. The van der Waals surface area contributed by atoms with Crippen LogP contribution in [0.25, 0.3) is 0 Å². The molecule has 0 saturated carbocycles. The zero-order valence-corrected chi connectivity index (χ0v) is 10.4. The van der Waals surface area contributed by atoms with Crippen molar-refractivity contribution in [2.45, 2.75) is 13.8 Å². The van der Waals surface area contributed by atoms with Gasteiger partial charge in [-0.15, -0.1) is 0 Å². The highest BCUT2D eigenvalue weighted by molar-refractivity contribution is 5.90. The molecule has 0 aromatic heterocycles. The second kappa shape index (κ2) is 7.00.